The Kier molecular flexibility index (Phi) is 6.78. The minimum atomic E-state index is 0.161. The van der Waals surface area contributed by atoms with Gasteiger partial charge in [-0.25, -0.2) is 0 Å². The standard InChI is InChI=1S/C16H33NO2/c1-12(2)17-14(11-18)6-7-19-15-8-13(3)9-16(4,5)10-15/h12-15,17-18H,6-11H2,1-5H3. The summed E-state index contributed by atoms with van der Waals surface area (Å²) in [6.45, 7) is 12.2. The molecule has 0 amide bonds. The lowest BCUT2D eigenvalue weighted by Crippen LogP contribution is -2.39. The van der Waals surface area contributed by atoms with Gasteiger partial charge in [-0.2, -0.15) is 0 Å². The fraction of sp³-hybridized carbons (Fsp3) is 1.00. The summed E-state index contributed by atoms with van der Waals surface area (Å²) in [6.07, 6.45) is 4.95. The molecule has 0 bridgehead atoms. The third-order valence-electron chi connectivity index (χ3n) is 3.96. The van der Waals surface area contributed by atoms with Crippen LogP contribution in [0.1, 0.15) is 60.3 Å². The molecule has 0 aromatic heterocycles. The van der Waals surface area contributed by atoms with Crippen molar-refractivity contribution in [3.63, 3.8) is 0 Å². The second kappa shape index (κ2) is 7.61. The van der Waals surface area contributed by atoms with Crippen molar-refractivity contribution >= 4 is 0 Å². The van der Waals surface area contributed by atoms with E-state index < -0.39 is 0 Å². The van der Waals surface area contributed by atoms with Crippen molar-refractivity contribution in [3.8, 4) is 0 Å². The number of ether oxygens (including phenoxy) is 1. The maximum absolute atomic E-state index is 9.32. The van der Waals surface area contributed by atoms with E-state index >= 15 is 0 Å². The molecule has 0 radical (unpaired) electrons. The second-order valence-electron chi connectivity index (χ2n) is 7.40. The number of rotatable bonds is 7. The highest BCUT2D eigenvalue weighted by Crippen LogP contribution is 2.39. The lowest BCUT2D eigenvalue weighted by Gasteiger charge is -2.39. The number of hydrogen-bond donors (Lipinski definition) is 2. The van der Waals surface area contributed by atoms with Crippen LogP contribution in [0.15, 0.2) is 0 Å². The largest absolute Gasteiger partial charge is 0.395 e. The van der Waals surface area contributed by atoms with Gasteiger partial charge in [-0.15, -0.1) is 0 Å². The summed E-state index contributed by atoms with van der Waals surface area (Å²) in [5.41, 5.74) is 0.412. The average Bonchev–Trinajstić information content (AvgIpc) is 2.24. The van der Waals surface area contributed by atoms with Gasteiger partial charge < -0.3 is 15.2 Å². The van der Waals surface area contributed by atoms with Crippen LogP contribution in [-0.2, 0) is 4.74 Å². The van der Waals surface area contributed by atoms with Crippen LogP contribution in [-0.4, -0.2) is 36.5 Å². The SMILES string of the molecule is CC1CC(OCCC(CO)NC(C)C)CC(C)(C)C1. The minimum absolute atomic E-state index is 0.161. The molecule has 0 aromatic carbocycles. The van der Waals surface area contributed by atoms with E-state index in [0.29, 0.717) is 17.6 Å². The van der Waals surface area contributed by atoms with E-state index in [2.05, 4.69) is 39.9 Å². The topological polar surface area (TPSA) is 41.5 Å². The van der Waals surface area contributed by atoms with Gasteiger partial charge in [-0.05, 0) is 37.0 Å². The number of aliphatic hydroxyl groups excluding tert-OH is 1. The van der Waals surface area contributed by atoms with E-state index in [1.165, 1.54) is 19.3 Å². The van der Waals surface area contributed by atoms with Crippen LogP contribution in [0, 0.1) is 11.3 Å². The van der Waals surface area contributed by atoms with Crippen molar-refractivity contribution in [1.82, 2.24) is 5.32 Å². The van der Waals surface area contributed by atoms with E-state index in [1.54, 1.807) is 0 Å². The van der Waals surface area contributed by atoms with Gasteiger partial charge in [-0.3, -0.25) is 0 Å². The Morgan fingerprint density at radius 3 is 2.53 bits per heavy atom. The van der Waals surface area contributed by atoms with Crippen molar-refractivity contribution in [2.24, 2.45) is 11.3 Å². The fourth-order valence-electron chi connectivity index (χ4n) is 3.46. The first-order valence-corrected chi connectivity index (χ1v) is 7.81. The van der Waals surface area contributed by atoms with Crippen LogP contribution in [0.4, 0.5) is 0 Å². The molecule has 1 fully saturated rings. The third kappa shape index (κ3) is 6.73. The van der Waals surface area contributed by atoms with E-state index in [4.69, 9.17) is 4.74 Å². The molecule has 1 rings (SSSR count). The van der Waals surface area contributed by atoms with Gasteiger partial charge in [0.05, 0.1) is 12.7 Å². The smallest absolute Gasteiger partial charge is 0.0585 e. The highest BCUT2D eigenvalue weighted by Gasteiger charge is 2.32. The Balaban J connectivity index is 2.28. The van der Waals surface area contributed by atoms with Crippen LogP contribution >= 0.6 is 0 Å². The predicted molar refractivity (Wildman–Crippen MR) is 80.3 cm³/mol. The zero-order chi connectivity index (χ0) is 14.5. The van der Waals surface area contributed by atoms with Crippen molar-refractivity contribution in [2.45, 2.75) is 78.5 Å². The molecule has 0 aliphatic heterocycles. The summed E-state index contributed by atoms with van der Waals surface area (Å²) in [5.74, 6) is 0.760. The first kappa shape index (κ1) is 16.9. The average molecular weight is 271 g/mol. The molecule has 1 saturated carbocycles. The Morgan fingerprint density at radius 1 is 1.32 bits per heavy atom. The maximum atomic E-state index is 9.32. The van der Waals surface area contributed by atoms with Gasteiger partial charge in [-0.1, -0.05) is 34.6 Å². The molecule has 0 heterocycles. The summed E-state index contributed by atoms with van der Waals surface area (Å²) in [4.78, 5) is 0. The van der Waals surface area contributed by atoms with E-state index in [9.17, 15) is 5.11 Å². The third-order valence-corrected chi connectivity index (χ3v) is 3.96. The summed E-state index contributed by atoms with van der Waals surface area (Å²) in [5, 5.41) is 12.7. The first-order chi connectivity index (χ1) is 8.82. The Bertz CT molecular complexity index is 253. The summed E-state index contributed by atoms with van der Waals surface area (Å²) >= 11 is 0. The van der Waals surface area contributed by atoms with Gasteiger partial charge in [0.1, 0.15) is 0 Å². The lowest BCUT2D eigenvalue weighted by molar-refractivity contribution is -0.0271. The summed E-state index contributed by atoms with van der Waals surface area (Å²) in [7, 11) is 0. The molecule has 0 spiro atoms. The van der Waals surface area contributed by atoms with Gasteiger partial charge in [0, 0.05) is 18.7 Å². The Morgan fingerprint density at radius 2 is 2.00 bits per heavy atom. The second-order valence-corrected chi connectivity index (χ2v) is 7.40. The zero-order valence-electron chi connectivity index (χ0n) is 13.4. The Hall–Kier alpha value is -0.120. The molecule has 0 saturated heterocycles. The normalized spacial score (nSPS) is 28.6. The highest BCUT2D eigenvalue weighted by molar-refractivity contribution is 4.83. The molecule has 1 aliphatic rings. The van der Waals surface area contributed by atoms with Crippen LogP contribution in [0.25, 0.3) is 0 Å². The van der Waals surface area contributed by atoms with E-state index in [-0.39, 0.29) is 12.6 Å². The molecule has 1 aliphatic carbocycles. The van der Waals surface area contributed by atoms with E-state index in [0.717, 1.165) is 18.9 Å². The molecule has 3 nitrogen and oxygen atoms in total. The molecular formula is C16H33NO2. The molecule has 2 N–H and O–H groups in total. The quantitative estimate of drug-likeness (QED) is 0.748. The molecule has 3 heteroatoms. The number of hydrogen-bond acceptors (Lipinski definition) is 3. The zero-order valence-corrected chi connectivity index (χ0v) is 13.4. The monoisotopic (exact) mass is 271 g/mol. The van der Waals surface area contributed by atoms with Gasteiger partial charge in [0.2, 0.25) is 0 Å². The molecule has 19 heavy (non-hydrogen) atoms. The van der Waals surface area contributed by atoms with Crippen molar-refractivity contribution < 1.29 is 9.84 Å². The van der Waals surface area contributed by atoms with Crippen molar-refractivity contribution in [3.05, 3.63) is 0 Å². The van der Waals surface area contributed by atoms with Gasteiger partial charge in [0.15, 0.2) is 0 Å². The van der Waals surface area contributed by atoms with Crippen LogP contribution in [0.5, 0.6) is 0 Å². The molecular weight excluding hydrogens is 238 g/mol. The molecule has 114 valence electrons. The summed E-state index contributed by atoms with van der Waals surface area (Å²) in [6, 6.07) is 0.569. The predicted octanol–water partition coefficient (Wildman–Crippen LogP) is 2.97. The highest BCUT2D eigenvalue weighted by atomic mass is 16.5. The van der Waals surface area contributed by atoms with Crippen molar-refractivity contribution in [2.75, 3.05) is 13.2 Å². The lowest BCUT2D eigenvalue weighted by atomic mass is 9.71. The number of nitrogens with one attached hydrogen (secondary N) is 1. The van der Waals surface area contributed by atoms with Crippen LogP contribution in [0.3, 0.4) is 0 Å². The van der Waals surface area contributed by atoms with E-state index in [1.807, 2.05) is 0 Å². The van der Waals surface area contributed by atoms with Gasteiger partial charge >= 0.3 is 0 Å². The number of aliphatic hydroxyl groups is 1. The fourth-order valence-corrected chi connectivity index (χ4v) is 3.46. The maximum Gasteiger partial charge on any atom is 0.0585 e. The van der Waals surface area contributed by atoms with Gasteiger partial charge in [0.25, 0.3) is 0 Å². The molecule has 3 atom stereocenters. The van der Waals surface area contributed by atoms with Crippen LogP contribution in [0.2, 0.25) is 0 Å². The molecule has 0 aromatic rings. The first-order valence-electron chi connectivity index (χ1n) is 7.81. The summed E-state index contributed by atoms with van der Waals surface area (Å²) < 4.78 is 6.05. The molecule has 3 unspecified atom stereocenters. The van der Waals surface area contributed by atoms with Crippen LogP contribution < -0.4 is 5.32 Å². The van der Waals surface area contributed by atoms with Crippen molar-refractivity contribution in [1.29, 1.82) is 0 Å². The Labute approximate surface area is 119 Å². The minimum Gasteiger partial charge on any atom is -0.395 e.